The number of benzene rings is 2. The van der Waals surface area contributed by atoms with E-state index in [0.717, 1.165) is 11.6 Å². The summed E-state index contributed by atoms with van der Waals surface area (Å²) >= 11 is 6.14. The molecule has 0 heterocycles. The van der Waals surface area contributed by atoms with E-state index in [1.54, 1.807) is 18.3 Å². The number of carbonyl (C=O) groups excluding carboxylic acids is 2. The molecule has 0 aliphatic heterocycles. The van der Waals surface area contributed by atoms with Gasteiger partial charge in [-0.1, -0.05) is 29.8 Å². The van der Waals surface area contributed by atoms with Crippen molar-refractivity contribution in [3.05, 3.63) is 64.4 Å². The van der Waals surface area contributed by atoms with Crippen molar-refractivity contribution < 1.29 is 28.1 Å². The number of carbonyl (C=O) groups is 2. The van der Waals surface area contributed by atoms with Crippen LogP contribution in [0.4, 0.5) is 18.9 Å². The lowest BCUT2D eigenvalue weighted by Gasteiger charge is -2.17. The fourth-order valence-corrected chi connectivity index (χ4v) is 2.92. The summed E-state index contributed by atoms with van der Waals surface area (Å²) in [5.74, 6) is -5.74. The zero-order valence-corrected chi connectivity index (χ0v) is 16.0. The summed E-state index contributed by atoms with van der Waals surface area (Å²) in [4.78, 5) is 24.0. The molecule has 0 aliphatic rings. The molecule has 2 aromatic rings. The largest absolute Gasteiger partial charge is 0.342 e. The molecule has 0 fully saturated rings. The lowest BCUT2D eigenvalue weighted by Crippen LogP contribution is -2.92. The van der Waals surface area contributed by atoms with Gasteiger partial charge >= 0.3 is 0 Å². The summed E-state index contributed by atoms with van der Waals surface area (Å²) in [6, 6.07) is 8.24. The van der Waals surface area contributed by atoms with Crippen molar-refractivity contribution in [3.8, 4) is 0 Å². The molecule has 0 spiro atoms. The second-order valence-corrected chi connectivity index (χ2v) is 6.69. The highest BCUT2D eigenvalue weighted by molar-refractivity contribution is 6.31. The Morgan fingerprint density at radius 3 is 2.43 bits per heavy atom. The van der Waals surface area contributed by atoms with Crippen molar-refractivity contribution in [1.29, 1.82) is 0 Å². The predicted molar refractivity (Wildman–Crippen MR) is 99.2 cm³/mol. The van der Waals surface area contributed by atoms with Gasteiger partial charge in [0.05, 0.1) is 12.2 Å². The zero-order chi connectivity index (χ0) is 20.8. The third kappa shape index (κ3) is 5.46. The molecule has 2 amide bonds. The zero-order valence-electron chi connectivity index (χ0n) is 15.2. The number of anilines is 1. The molecule has 0 bridgehead atoms. The van der Waals surface area contributed by atoms with E-state index >= 15 is 0 Å². The third-order valence-electron chi connectivity index (χ3n) is 4.12. The SMILES string of the molecule is C[C@@H]([NH2+][C@H](C)c1ccccc1Cl)C(=O)NCC(=O)Nc1ccc(F)c(F)c1F. The van der Waals surface area contributed by atoms with E-state index in [9.17, 15) is 22.8 Å². The molecule has 0 saturated heterocycles. The van der Waals surface area contributed by atoms with Gasteiger partial charge in [0.15, 0.2) is 23.5 Å². The molecule has 2 aromatic carbocycles. The third-order valence-corrected chi connectivity index (χ3v) is 4.46. The van der Waals surface area contributed by atoms with Gasteiger partial charge < -0.3 is 16.0 Å². The number of hydrogen-bond donors (Lipinski definition) is 3. The molecular weight excluding hydrogens is 395 g/mol. The van der Waals surface area contributed by atoms with E-state index in [1.165, 1.54) is 0 Å². The Bertz CT molecular complexity index is 879. The van der Waals surface area contributed by atoms with Crippen LogP contribution >= 0.6 is 11.6 Å². The molecule has 2 atom stereocenters. The second kappa shape index (κ2) is 9.57. The minimum Gasteiger partial charge on any atom is -0.342 e. The van der Waals surface area contributed by atoms with Crippen molar-refractivity contribution in [2.75, 3.05) is 11.9 Å². The minimum absolute atomic E-state index is 0.0976. The van der Waals surface area contributed by atoms with Crippen LogP contribution < -0.4 is 16.0 Å². The van der Waals surface area contributed by atoms with Gasteiger partial charge in [-0.3, -0.25) is 9.59 Å². The van der Waals surface area contributed by atoms with Crippen LogP contribution in [0.15, 0.2) is 36.4 Å². The van der Waals surface area contributed by atoms with Crippen LogP contribution in [0.1, 0.15) is 25.5 Å². The Balaban J connectivity index is 1.86. The van der Waals surface area contributed by atoms with Gasteiger partial charge in [0.1, 0.15) is 6.04 Å². The normalized spacial score (nSPS) is 12.9. The molecule has 150 valence electrons. The average Bonchev–Trinajstić information content (AvgIpc) is 2.66. The fourth-order valence-electron chi connectivity index (χ4n) is 2.61. The van der Waals surface area contributed by atoms with Crippen molar-refractivity contribution in [1.82, 2.24) is 5.32 Å². The van der Waals surface area contributed by atoms with E-state index < -0.39 is 47.5 Å². The Morgan fingerprint density at radius 1 is 1.07 bits per heavy atom. The maximum Gasteiger partial charge on any atom is 0.278 e. The van der Waals surface area contributed by atoms with Gasteiger partial charge in [0.25, 0.3) is 5.91 Å². The molecule has 28 heavy (non-hydrogen) atoms. The fraction of sp³-hybridized carbons (Fsp3) is 0.263. The van der Waals surface area contributed by atoms with Crippen LogP contribution in [0.2, 0.25) is 5.02 Å². The molecule has 0 saturated carbocycles. The summed E-state index contributed by atoms with van der Waals surface area (Å²) in [7, 11) is 0. The summed E-state index contributed by atoms with van der Waals surface area (Å²) in [5, 5.41) is 6.87. The van der Waals surface area contributed by atoms with Crippen molar-refractivity contribution in [2.45, 2.75) is 25.9 Å². The van der Waals surface area contributed by atoms with E-state index in [2.05, 4.69) is 10.6 Å². The quantitative estimate of drug-likeness (QED) is 0.609. The number of halogens is 4. The first-order chi connectivity index (χ1) is 13.2. The average molecular weight is 415 g/mol. The maximum absolute atomic E-state index is 13.6. The highest BCUT2D eigenvalue weighted by Crippen LogP contribution is 2.20. The van der Waals surface area contributed by atoms with Gasteiger partial charge in [-0.15, -0.1) is 0 Å². The molecule has 0 aliphatic carbocycles. The highest BCUT2D eigenvalue weighted by Gasteiger charge is 2.22. The topological polar surface area (TPSA) is 74.8 Å². The van der Waals surface area contributed by atoms with E-state index in [1.807, 2.05) is 25.1 Å². The highest BCUT2D eigenvalue weighted by atomic mass is 35.5. The first kappa shape index (κ1) is 21.7. The first-order valence-electron chi connectivity index (χ1n) is 8.51. The number of quaternary nitrogens is 1. The van der Waals surface area contributed by atoms with Crippen molar-refractivity contribution >= 4 is 29.1 Å². The van der Waals surface area contributed by atoms with Gasteiger partial charge in [-0.2, -0.15) is 0 Å². The molecular formula is C19H20ClF3N3O2+. The summed E-state index contributed by atoms with van der Waals surface area (Å²) < 4.78 is 39.6. The van der Waals surface area contributed by atoms with E-state index in [4.69, 9.17) is 11.6 Å². The molecule has 0 radical (unpaired) electrons. The van der Waals surface area contributed by atoms with Crippen LogP contribution in [-0.2, 0) is 9.59 Å². The number of amides is 2. The van der Waals surface area contributed by atoms with Crippen LogP contribution in [0.3, 0.4) is 0 Å². The Kier molecular flexibility index (Phi) is 7.42. The monoisotopic (exact) mass is 414 g/mol. The Hall–Kier alpha value is -2.58. The first-order valence-corrected chi connectivity index (χ1v) is 8.89. The molecule has 9 heteroatoms. The smallest absolute Gasteiger partial charge is 0.278 e. The lowest BCUT2D eigenvalue weighted by molar-refractivity contribution is -0.710. The molecule has 0 aromatic heterocycles. The summed E-state index contributed by atoms with van der Waals surface area (Å²) in [5.41, 5.74) is 0.362. The Morgan fingerprint density at radius 2 is 1.75 bits per heavy atom. The van der Waals surface area contributed by atoms with Crippen LogP contribution in [0, 0.1) is 17.5 Å². The molecule has 0 unspecified atom stereocenters. The minimum atomic E-state index is -1.68. The number of nitrogens with one attached hydrogen (secondary N) is 2. The summed E-state index contributed by atoms with van der Waals surface area (Å²) in [6.07, 6.45) is 0. The van der Waals surface area contributed by atoms with Gasteiger partial charge in [0.2, 0.25) is 5.91 Å². The Labute approximate surface area is 165 Å². The van der Waals surface area contributed by atoms with Crippen molar-refractivity contribution in [3.63, 3.8) is 0 Å². The van der Waals surface area contributed by atoms with Gasteiger partial charge in [-0.05, 0) is 32.0 Å². The van der Waals surface area contributed by atoms with Crippen molar-refractivity contribution in [2.24, 2.45) is 0 Å². The summed E-state index contributed by atoms with van der Waals surface area (Å²) in [6.45, 7) is 3.11. The van der Waals surface area contributed by atoms with E-state index in [-0.39, 0.29) is 6.04 Å². The van der Waals surface area contributed by atoms with Crippen LogP contribution in [0.25, 0.3) is 0 Å². The molecule has 4 N–H and O–H groups in total. The van der Waals surface area contributed by atoms with E-state index in [0.29, 0.717) is 11.1 Å². The standard InChI is InChI=1S/C19H19ClF3N3O2/c1-10(12-5-3-4-6-13(12)20)25-11(2)19(28)24-9-16(27)26-15-8-7-14(21)17(22)18(15)23/h3-8,10-11,25H,9H2,1-2H3,(H,24,28)(H,26,27)/p+1/t10-,11-/m1/s1. The lowest BCUT2D eigenvalue weighted by atomic mass is 10.1. The number of rotatable bonds is 7. The molecule has 5 nitrogen and oxygen atoms in total. The predicted octanol–water partition coefficient (Wildman–Crippen LogP) is 2.53. The van der Waals surface area contributed by atoms with Gasteiger partial charge in [-0.25, -0.2) is 13.2 Å². The number of hydrogen-bond acceptors (Lipinski definition) is 2. The number of nitrogens with two attached hydrogens (primary N) is 1. The molecule has 2 rings (SSSR count). The van der Waals surface area contributed by atoms with Gasteiger partial charge in [0, 0.05) is 10.6 Å². The van der Waals surface area contributed by atoms with Crippen LogP contribution in [-0.4, -0.2) is 24.4 Å². The second-order valence-electron chi connectivity index (χ2n) is 6.28. The van der Waals surface area contributed by atoms with Crippen LogP contribution in [0.5, 0.6) is 0 Å². The maximum atomic E-state index is 13.6.